The van der Waals surface area contributed by atoms with E-state index in [0.717, 1.165) is 9.80 Å². The maximum absolute atomic E-state index is 11.7. The highest BCUT2D eigenvalue weighted by molar-refractivity contribution is 7.13. The summed E-state index contributed by atoms with van der Waals surface area (Å²) in [7, 11) is 1.43. The largest absolute Gasteiger partial charge is 0.369 e. The van der Waals surface area contributed by atoms with Crippen LogP contribution in [-0.2, 0) is 0 Å². The maximum atomic E-state index is 11.7. The van der Waals surface area contributed by atoms with Crippen molar-refractivity contribution < 1.29 is 15.0 Å². The van der Waals surface area contributed by atoms with Crippen LogP contribution < -0.4 is 4.90 Å². The lowest BCUT2D eigenvalue weighted by atomic mass is 10.2. The van der Waals surface area contributed by atoms with Gasteiger partial charge in [-0.05, 0) is 6.92 Å². The Morgan fingerprint density at radius 2 is 2.33 bits per heavy atom. The first kappa shape index (κ1) is 10.3. The molecule has 0 spiro atoms. The molecule has 1 aromatic rings. The van der Waals surface area contributed by atoms with Crippen LogP contribution >= 0.6 is 11.3 Å². The normalized spacial score (nSPS) is 31.5. The van der Waals surface area contributed by atoms with E-state index in [1.54, 1.807) is 5.38 Å². The van der Waals surface area contributed by atoms with E-state index < -0.39 is 18.0 Å². The number of anilines is 1. The molecule has 0 bridgehead atoms. The van der Waals surface area contributed by atoms with Crippen LogP contribution in [0.25, 0.3) is 0 Å². The molecule has 1 fully saturated rings. The second-order valence-corrected chi connectivity index (χ2v) is 4.37. The number of aliphatic hydroxyl groups is 2. The third kappa shape index (κ3) is 1.31. The van der Waals surface area contributed by atoms with Gasteiger partial charge in [0.05, 0.1) is 0 Å². The fourth-order valence-electron chi connectivity index (χ4n) is 1.40. The van der Waals surface area contributed by atoms with Gasteiger partial charge in [0, 0.05) is 18.6 Å². The third-order valence-corrected chi connectivity index (χ3v) is 3.30. The fourth-order valence-corrected chi connectivity index (χ4v) is 2.06. The first-order valence-electron chi connectivity index (χ1n) is 4.33. The Bertz CT molecular complexity index is 378. The van der Waals surface area contributed by atoms with Crippen LogP contribution in [0.5, 0.6) is 0 Å². The number of hydrogen-bond acceptors (Lipinski definition) is 5. The van der Waals surface area contributed by atoms with Crippen molar-refractivity contribution >= 4 is 22.5 Å². The summed E-state index contributed by atoms with van der Waals surface area (Å²) in [5, 5.41) is 21.7. The Morgan fingerprint density at radius 3 is 2.73 bits per heavy atom. The molecule has 0 aromatic carbocycles. The molecule has 1 aliphatic rings. The van der Waals surface area contributed by atoms with E-state index in [9.17, 15) is 15.0 Å². The maximum Gasteiger partial charge on any atom is 0.330 e. The second kappa shape index (κ2) is 3.16. The fraction of sp³-hybridized carbons (Fsp3) is 0.500. The Hall–Kier alpha value is -1.18. The molecular weight excluding hydrogens is 218 g/mol. The lowest BCUT2D eigenvalue weighted by Gasteiger charge is -2.26. The number of hydrogen-bond donors (Lipinski definition) is 2. The van der Waals surface area contributed by atoms with Crippen molar-refractivity contribution in [2.45, 2.75) is 18.9 Å². The first-order chi connectivity index (χ1) is 6.96. The molecule has 1 aromatic heterocycles. The zero-order chi connectivity index (χ0) is 11.2. The second-order valence-electron chi connectivity index (χ2n) is 3.49. The van der Waals surface area contributed by atoms with Crippen molar-refractivity contribution in [3.05, 3.63) is 11.6 Å². The molecule has 2 unspecified atom stereocenters. The predicted octanol–water partition coefficient (Wildman–Crippen LogP) is 0.0418. The highest BCUT2D eigenvalue weighted by atomic mass is 32.1. The molecule has 1 aliphatic heterocycles. The summed E-state index contributed by atoms with van der Waals surface area (Å²) in [5.41, 5.74) is -1.59. The van der Waals surface area contributed by atoms with E-state index >= 15 is 0 Å². The van der Waals surface area contributed by atoms with Gasteiger partial charge < -0.3 is 10.2 Å². The Balaban J connectivity index is 2.40. The van der Waals surface area contributed by atoms with Gasteiger partial charge in [-0.25, -0.2) is 14.7 Å². The van der Waals surface area contributed by atoms with E-state index in [1.165, 1.54) is 31.5 Å². The summed E-state index contributed by atoms with van der Waals surface area (Å²) in [4.78, 5) is 17.8. The highest BCUT2D eigenvalue weighted by Gasteiger charge is 2.52. The minimum atomic E-state index is -1.59. The molecular formula is C8H11N3O3S. The van der Waals surface area contributed by atoms with Crippen molar-refractivity contribution in [1.82, 2.24) is 9.88 Å². The van der Waals surface area contributed by atoms with Gasteiger partial charge >= 0.3 is 6.03 Å². The molecule has 0 aliphatic carbocycles. The molecule has 2 rings (SSSR count). The zero-order valence-corrected chi connectivity index (χ0v) is 9.10. The van der Waals surface area contributed by atoms with E-state index in [4.69, 9.17) is 0 Å². The van der Waals surface area contributed by atoms with Crippen molar-refractivity contribution in [2.75, 3.05) is 11.9 Å². The monoisotopic (exact) mass is 229 g/mol. The first-order valence-corrected chi connectivity index (χ1v) is 5.21. The average molecular weight is 229 g/mol. The third-order valence-electron chi connectivity index (χ3n) is 2.53. The highest BCUT2D eigenvalue weighted by Crippen LogP contribution is 2.33. The van der Waals surface area contributed by atoms with Gasteiger partial charge in [0.15, 0.2) is 17.1 Å². The van der Waals surface area contributed by atoms with E-state index in [0.29, 0.717) is 5.13 Å². The van der Waals surface area contributed by atoms with Crippen LogP contribution in [0.3, 0.4) is 0 Å². The number of likely N-dealkylation sites (N-methyl/N-ethyl adjacent to an activating group) is 1. The molecule has 2 heterocycles. The number of aromatic nitrogens is 1. The van der Waals surface area contributed by atoms with Gasteiger partial charge in [0.2, 0.25) is 0 Å². The Kier molecular flexibility index (Phi) is 2.18. The van der Waals surface area contributed by atoms with Crippen LogP contribution in [0.1, 0.15) is 6.92 Å². The van der Waals surface area contributed by atoms with Crippen LogP contribution in [0.15, 0.2) is 11.6 Å². The lowest BCUT2D eigenvalue weighted by Crippen LogP contribution is -2.47. The smallest absolute Gasteiger partial charge is 0.330 e. The SMILES string of the molecule is CN1C(=O)N(c2nccs2)C(O)C1(C)O. The van der Waals surface area contributed by atoms with Crippen molar-refractivity contribution in [2.24, 2.45) is 0 Å². The standard InChI is InChI=1S/C8H11N3O3S/c1-8(14)5(12)11(7(13)10(8)2)6-9-3-4-15-6/h3-5,12,14H,1-2H3. The number of carbonyl (C=O) groups is 1. The molecule has 2 N–H and O–H groups in total. The number of thiazole rings is 1. The minimum absolute atomic E-state index is 0.372. The Morgan fingerprint density at radius 1 is 1.67 bits per heavy atom. The number of rotatable bonds is 1. The van der Waals surface area contributed by atoms with Gasteiger partial charge in [0.25, 0.3) is 0 Å². The van der Waals surface area contributed by atoms with Crippen molar-refractivity contribution in [1.29, 1.82) is 0 Å². The van der Waals surface area contributed by atoms with Gasteiger partial charge in [-0.3, -0.25) is 4.90 Å². The van der Waals surface area contributed by atoms with Crippen LogP contribution in [0.2, 0.25) is 0 Å². The molecule has 1 saturated heterocycles. The van der Waals surface area contributed by atoms with E-state index in [2.05, 4.69) is 4.98 Å². The quantitative estimate of drug-likeness (QED) is 0.713. The number of urea groups is 1. The number of carbonyl (C=O) groups excluding carboxylic acids is 1. The molecule has 2 amide bonds. The molecule has 2 atom stereocenters. The number of amides is 2. The van der Waals surface area contributed by atoms with Gasteiger partial charge in [-0.1, -0.05) is 0 Å². The summed E-state index contributed by atoms with van der Waals surface area (Å²) >= 11 is 1.23. The summed E-state index contributed by atoms with van der Waals surface area (Å²) in [6, 6.07) is -0.470. The molecule has 15 heavy (non-hydrogen) atoms. The average Bonchev–Trinajstić information content (AvgIpc) is 2.73. The van der Waals surface area contributed by atoms with Crippen molar-refractivity contribution in [3.63, 3.8) is 0 Å². The molecule has 0 radical (unpaired) electrons. The Labute approximate surface area is 90.4 Å². The van der Waals surface area contributed by atoms with Gasteiger partial charge in [0.1, 0.15) is 0 Å². The summed E-state index contributed by atoms with van der Waals surface area (Å²) in [5.74, 6) is 0. The summed E-state index contributed by atoms with van der Waals surface area (Å²) < 4.78 is 0. The predicted molar refractivity (Wildman–Crippen MR) is 54.4 cm³/mol. The summed E-state index contributed by atoms with van der Waals surface area (Å²) in [6.45, 7) is 1.38. The molecule has 82 valence electrons. The summed E-state index contributed by atoms with van der Waals surface area (Å²) in [6.07, 6.45) is 0.230. The lowest BCUT2D eigenvalue weighted by molar-refractivity contribution is -0.108. The zero-order valence-electron chi connectivity index (χ0n) is 8.28. The van der Waals surface area contributed by atoms with Crippen LogP contribution in [-0.4, -0.2) is 45.1 Å². The molecule has 0 saturated carbocycles. The van der Waals surface area contributed by atoms with Gasteiger partial charge in [-0.15, -0.1) is 11.3 Å². The van der Waals surface area contributed by atoms with Crippen LogP contribution in [0, 0.1) is 0 Å². The van der Waals surface area contributed by atoms with E-state index in [-0.39, 0.29) is 0 Å². The number of aliphatic hydroxyl groups excluding tert-OH is 1. The topological polar surface area (TPSA) is 76.9 Å². The van der Waals surface area contributed by atoms with E-state index in [1.807, 2.05) is 0 Å². The van der Waals surface area contributed by atoms with Crippen molar-refractivity contribution in [3.8, 4) is 0 Å². The minimum Gasteiger partial charge on any atom is -0.369 e. The number of nitrogens with zero attached hydrogens (tertiary/aromatic N) is 3. The van der Waals surface area contributed by atoms with Crippen LogP contribution in [0.4, 0.5) is 9.93 Å². The molecule has 6 nitrogen and oxygen atoms in total. The molecule has 7 heteroatoms. The van der Waals surface area contributed by atoms with Gasteiger partial charge in [-0.2, -0.15) is 0 Å².